The number of ether oxygens (including phenoxy) is 1. The zero-order valence-electron chi connectivity index (χ0n) is 16.2. The zero-order chi connectivity index (χ0) is 20.4. The van der Waals surface area contributed by atoms with Crippen LogP contribution in [0.25, 0.3) is 16.8 Å². The monoisotopic (exact) mass is 382 g/mol. The molecule has 0 spiro atoms. The van der Waals surface area contributed by atoms with Gasteiger partial charge in [0.1, 0.15) is 5.65 Å². The van der Waals surface area contributed by atoms with Crippen LogP contribution in [0.3, 0.4) is 0 Å². The van der Waals surface area contributed by atoms with Gasteiger partial charge >= 0.3 is 12.1 Å². The van der Waals surface area contributed by atoms with E-state index >= 15 is 0 Å². The Kier molecular flexibility index (Phi) is 5.16. The molecule has 2 amide bonds. The number of nitrogens with zero attached hydrogens (tertiary/aromatic N) is 4. The first-order valence-corrected chi connectivity index (χ1v) is 8.78. The Labute approximate surface area is 162 Å². The molecule has 3 aromatic rings. The maximum Gasteiger partial charge on any atom is 0.440 e. The topological polar surface area (TPSA) is 103 Å². The number of rotatable bonds is 4. The average molecular weight is 382 g/mol. The van der Waals surface area contributed by atoms with Crippen LogP contribution in [0.2, 0.25) is 0 Å². The molecule has 28 heavy (non-hydrogen) atoms. The van der Waals surface area contributed by atoms with Gasteiger partial charge in [-0.3, -0.25) is 5.32 Å². The second-order valence-electron chi connectivity index (χ2n) is 6.32. The summed E-state index contributed by atoms with van der Waals surface area (Å²) in [5, 5.41) is 9.63. The molecular formula is C19H22N6O3. The quantitative estimate of drug-likeness (QED) is 0.673. The summed E-state index contributed by atoms with van der Waals surface area (Å²) in [5.74, 6) is 0.738. The van der Waals surface area contributed by atoms with Gasteiger partial charge in [-0.15, -0.1) is 0 Å². The van der Waals surface area contributed by atoms with E-state index in [-0.39, 0.29) is 6.03 Å². The molecule has 0 aliphatic rings. The van der Waals surface area contributed by atoms with Gasteiger partial charge in [0.2, 0.25) is 0 Å². The highest BCUT2D eigenvalue weighted by molar-refractivity contribution is 5.88. The van der Waals surface area contributed by atoms with E-state index in [2.05, 4.69) is 27.3 Å². The highest BCUT2D eigenvalue weighted by Crippen LogP contribution is 2.28. The summed E-state index contributed by atoms with van der Waals surface area (Å²) < 4.78 is 8.08. The van der Waals surface area contributed by atoms with Crippen LogP contribution in [-0.4, -0.2) is 37.8 Å². The average Bonchev–Trinajstić information content (AvgIpc) is 3.13. The second kappa shape index (κ2) is 7.55. The van der Waals surface area contributed by atoms with Gasteiger partial charge in [0.25, 0.3) is 0 Å². The van der Waals surface area contributed by atoms with E-state index in [1.165, 1.54) is 4.68 Å². The van der Waals surface area contributed by atoms with Crippen LogP contribution >= 0.6 is 0 Å². The van der Waals surface area contributed by atoms with E-state index in [1.807, 2.05) is 32.2 Å². The van der Waals surface area contributed by atoms with Crippen LogP contribution in [0.4, 0.5) is 15.4 Å². The molecule has 0 radical (unpaired) electrons. The van der Waals surface area contributed by atoms with Gasteiger partial charge in [0, 0.05) is 18.3 Å². The number of allylic oxidation sites excluding steroid dienone is 1. The number of urea groups is 1. The summed E-state index contributed by atoms with van der Waals surface area (Å²) in [4.78, 5) is 28.3. The minimum absolute atomic E-state index is 0.296. The Morgan fingerprint density at radius 3 is 2.75 bits per heavy atom. The van der Waals surface area contributed by atoms with Crippen molar-refractivity contribution < 1.29 is 14.3 Å². The van der Waals surface area contributed by atoms with Crippen molar-refractivity contribution in [2.45, 2.75) is 27.7 Å². The molecule has 3 rings (SSSR count). The van der Waals surface area contributed by atoms with Gasteiger partial charge in [0.15, 0.2) is 5.82 Å². The van der Waals surface area contributed by atoms with E-state index in [1.54, 1.807) is 24.4 Å². The molecule has 0 unspecified atom stereocenters. The maximum atomic E-state index is 12.2. The number of pyridine rings is 1. The van der Waals surface area contributed by atoms with Gasteiger partial charge in [-0.05, 0) is 45.4 Å². The third-order valence-corrected chi connectivity index (χ3v) is 4.05. The number of hydrogen-bond acceptors (Lipinski definition) is 5. The van der Waals surface area contributed by atoms with Gasteiger partial charge in [-0.2, -0.15) is 9.78 Å². The Balaban J connectivity index is 1.95. The van der Waals surface area contributed by atoms with Crippen molar-refractivity contribution in [2.75, 3.05) is 11.9 Å². The minimum atomic E-state index is -0.602. The van der Waals surface area contributed by atoms with E-state index in [0.29, 0.717) is 35.2 Å². The van der Waals surface area contributed by atoms with Crippen LogP contribution in [0, 0.1) is 13.8 Å². The molecule has 0 saturated carbocycles. The van der Waals surface area contributed by atoms with E-state index in [9.17, 15) is 9.59 Å². The zero-order valence-corrected chi connectivity index (χ0v) is 16.2. The van der Waals surface area contributed by atoms with Crippen LogP contribution in [-0.2, 0) is 4.74 Å². The first-order valence-electron chi connectivity index (χ1n) is 8.78. The molecule has 0 aliphatic carbocycles. The summed E-state index contributed by atoms with van der Waals surface area (Å²) in [6.45, 7) is 11.2. The Morgan fingerprint density at radius 2 is 2.07 bits per heavy atom. The van der Waals surface area contributed by atoms with E-state index in [0.717, 1.165) is 11.1 Å². The molecule has 0 aliphatic heterocycles. The fraction of sp³-hybridized carbons (Fsp3) is 0.263. The van der Waals surface area contributed by atoms with Crippen molar-refractivity contribution in [3.05, 3.63) is 48.3 Å². The molecular weight excluding hydrogens is 360 g/mol. The predicted octanol–water partition coefficient (Wildman–Crippen LogP) is 3.47. The van der Waals surface area contributed by atoms with Crippen LogP contribution < -0.4 is 10.6 Å². The summed E-state index contributed by atoms with van der Waals surface area (Å²) in [6, 6.07) is 3.46. The molecule has 2 N–H and O–H groups in total. The fourth-order valence-corrected chi connectivity index (χ4v) is 2.95. The first kappa shape index (κ1) is 19.2. The van der Waals surface area contributed by atoms with Crippen molar-refractivity contribution in [3.8, 4) is 11.1 Å². The maximum absolute atomic E-state index is 12.2. The Morgan fingerprint density at radius 1 is 1.32 bits per heavy atom. The van der Waals surface area contributed by atoms with Crippen LogP contribution in [0.1, 0.15) is 25.2 Å². The molecule has 0 bridgehead atoms. The number of amides is 2. The summed E-state index contributed by atoms with van der Waals surface area (Å²) in [5.41, 5.74) is 3.67. The number of fused-ring (bicyclic) bond motifs is 1. The van der Waals surface area contributed by atoms with Crippen LogP contribution in [0.15, 0.2) is 36.9 Å². The van der Waals surface area contributed by atoms with Crippen molar-refractivity contribution in [3.63, 3.8) is 0 Å². The Hall–Kier alpha value is -3.62. The number of aromatic nitrogens is 4. The van der Waals surface area contributed by atoms with Crippen molar-refractivity contribution in [1.82, 2.24) is 24.5 Å². The minimum Gasteiger partial charge on any atom is -0.414 e. The summed E-state index contributed by atoms with van der Waals surface area (Å²) in [7, 11) is 0. The third-order valence-electron chi connectivity index (χ3n) is 4.05. The third kappa shape index (κ3) is 3.73. The van der Waals surface area contributed by atoms with Gasteiger partial charge in [0.05, 0.1) is 23.3 Å². The molecule has 0 fully saturated rings. The largest absolute Gasteiger partial charge is 0.440 e. The molecule has 9 nitrogen and oxygen atoms in total. The Bertz CT molecular complexity index is 1080. The fourth-order valence-electron chi connectivity index (χ4n) is 2.95. The molecule has 0 saturated heterocycles. The highest BCUT2D eigenvalue weighted by atomic mass is 16.6. The SMILES string of the molecule is C=C(C)OC(=O)n1nc(C)c(-c2ccn3cc(NC(=O)NCC)nc3c2)c1C. The number of imidazole rings is 1. The first-order chi connectivity index (χ1) is 13.3. The van der Waals surface area contributed by atoms with Gasteiger partial charge in [-0.1, -0.05) is 6.58 Å². The predicted molar refractivity (Wildman–Crippen MR) is 105 cm³/mol. The number of carbonyl (C=O) groups is 2. The molecule has 9 heteroatoms. The molecule has 0 aromatic carbocycles. The normalized spacial score (nSPS) is 10.7. The van der Waals surface area contributed by atoms with Gasteiger partial charge < -0.3 is 14.5 Å². The highest BCUT2D eigenvalue weighted by Gasteiger charge is 2.19. The molecule has 3 aromatic heterocycles. The lowest BCUT2D eigenvalue weighted by Crippen LogP contribution is -2.28. The number of aryl methyl sites for hydroxylation is 1. The number of anilines is 1. The molecule has 146 valence electrons. The number of nitrogens with one attached hydrogen (secondary N) is 2. The standard InChI is InChI=1S/C19H22N6O3/c1-6-20-18(26)22-15-10-24-8-7-14(9-16(24)21-15)17-12(4)23-25(13(17)5)19(27)28-11(2)3/h7-10H,2,6H2,1,3-5H3,(H2,20,22,26). The second-order valence-corrected chi connectivity index (χ2v) is 6.32. The lowest BCUT2D eigenvalue weighted by atomic mass is 10.1. The molecule has 0 atom stereocenters. The van der Waals surface area contributed by atoms with Crippen LogP contribution in [0.5, 0.6) is 0 Å². The summed E-state index contributed by atoms with van der Waals surface area (Å²) >= 11 is 0. The van der Waals surface area contributed by atoms with E-state index in [4.69, 9.17) is 4.74 Å². The van der Waals surface area contributed by atoms with Crippen molar-refractivity contribution in [2.24, 2.45) is 0 Å². The number of carbonyl (C=O) groups excluding carboxylic acids is 2. The lowest BCUT2D eigenvalue weighted by Gasteiger charge is -2.05. The van der Waals surface area contributed by atoms with Gasteiger partial charge in [-0.25, -0.2) is 14.6 Å². The number of hydrogen-bond donors (Lipinski definition) is 2. The summed E-state index contributed by atoms with van der Waals surface area (Å²) in [6.07, 6.45) is 2.96. The van der Waals surface area contributed by atoms with Crippen molar-refractivity contribution >= 4 is 23.6 Å². The lowest BCUT2D eigenvalue weighted by molar-refractivity contribution is 0.174. The molecule has 3 heterocycles. The smallest absolute Gasteiger partial charge is 0.414 e. The van der Waals surface area contributed by atoms with Crippen molar-refractivity contribution in [1.29, 1.82) is 0 Å². The van der Waals surface area contributed by atoms with E-state index < -0.39 is 6.09 Å².